The number of phenols is 1. The van der Waals surface area contributed by atoms with Gasteiger partial charge in [0, 0.05) is 23.2 Å². The summed E-state index contributed by atoms with van der Waals surface area (Å²) < 4.78 is 0. The van der Waals surface area contributed by atoms with Crippen LogP contribution < -0.4 is 0 Å². The fourth-order valence-electron chi connectivity index (χ4n) is 2.15. The smallest absolute Gasteiger partial charge is 0.120 e. The second-order valence-corrected chi connectivity index (χ2v) is 5.42. The van der Waals surface area contributed by atoms with E-state index >= 15 is 0 Å². The monoisotopic (exact) mass is 269 g/mol. The summed E-state index contributed by atoms with van der Waals surface area (Å²) in [5.74, 6) is 0.989. The molecule has 0 spiro atoms. The lowest BCUT2D eigenvalue weighted by Crippen LogP contribution is -2.31. The highest BCUT2D eigenvalue weighted by Gasteiger charge is 2.19. The highest BCUT2D eigenvalue weighted by Crippen LogP contribution is 2.31. The molecule has 1 aromatic carbocycles. The second-order valence-electron chi connectivity index (χ2n) is 4.98. The Kier molecular flexibility index (Phi) is 5.97. The minimum Gasteiger partial charge on any atom is -0.508 e. The lowest BCUT2D eigenvalue weighted by molar-refractivity contribution is 0.187. The van der Waals surface area contributed by atoms with E-state index in [1.54, 1.807) is 12.1 Å². The number of halogens is 1. The topological polar surface area (TPSA) is 23.5 Å². The summed E-state index contributed by atoms with van der Waals surface area (Å²) in [5, 5.41) is 10.6. The van der Waals surface area contributed by atoms with Gasteiger partial charge in [-0.3, -0.25) is 4.90 Å². The highest BCUT2D eigenvalue weighted by molar-refractivity contribution is 6.30. The van der Waals surface area contributed by atoms with Crippen LogP contribution in [0.5, 0.6) is 5.75 Å². The van der Waals surface area contributed by atoms with Crippen LogP contribution in [-0.2, 0) is 0 Å². The maximum absolute atomic E-state index is 9.96. The first kappa shape index (κ1) is 15.3. The van der Waals surface area contributed by atoms with Crippen LogP contribution in [0.4, 0.5) is 0 Å². The summed E-state index contributed by atoms with van der Waals surface area (Å²) >= 11 is 6.01. The van der Waals surface area contributed by atoms with Crippen molar-refractivity contribution >= 4 is 11.6 Å². The van der Waals surface area contributed by atoms with Crippen LogP contribution >= 0.6 is 11.6 Å². The number of nitrogens with zero attached hydrogens (tertiary/aromatic N) is 1. The Morgan fingerprint density at radius 2 is 1.94 bits per heavy atom. The second kappa shape index (κ2) is 7.01. The van der Waals surface area contributed by atoms with E-state index < -0.39 is 0 Å². The van der Waals surface area contributed by atoms with Crippen molar-refractivity contribution in [3.8, 4) is 5.75 Å². The molecule has 0 aliphatic rings. The number of rotatable bonds is 6. The largest absolute Gasteiger partial charge is 0.508 e. The molecular weight excluding hydrogens is 246 g/mol. The Morgan fingerprint density at radius 1 is 1.28 bits per heavy atom. The third-order valence-corrected chi connectivity index (χ3v) is 3.87. The number of hydrogen-bond donors (Lipinski definition) is 1. The molecule has 3 heteroatoms. The molecule has 2 atom stereocenters. The Bertz CT molecular complexity index is 381. The Hall–Kier alpha value is -0.730. The predicted octanol–water partition coefficient (Wildman–Crippen LogP) is 4.47. The van der Waals surface area contributed by atoms with Crippen molar-refractivity contribution in [3.63, 3.8) is 0 Å². The average molecular weight is 270 g/mol. The highest BCUT2D eigenvalue weighted by atomic mass is 35.5. The van der Waals surface area contributed by atoms with Gasteiger partial charge >= 0.3 is 0 Å². The first-order valence-electron chi connectivity index (χ1n) is 6.72. The minimum atomic E-state index is 0.183. The molecule has 0 fully saturated rings. The van der Waals surface area contributed by atoms with E-state index in [1.165, 1.54) is 6.42 Å². The van der Waals surface area contributed by atoms with E-state index in [0.717, 1.165) is 18.7 Å². The van der Waals surface area contributed by atoms with Crippen LogP contribution in [0.1, 0.15) is 45.7 Å². The molecule has 1 N–H and O–H groups in total. The molecular formula is C15H24ClNO. The molecule has 0 amide bonds. The van der Waals surface area contributed by atoms with Gasteiger partial charge in [0.15, 0.2) is 0 Å². The Morgan fingerprint density at radius 3 is 2.50 bits per heavy atom. The molecule has 0 aliphatic heterocycles. The zero-order valence-electron chi connectivity index (χ0n) is 11.8. The van der Waals surface area contributed by atoms with Crippen LogP contribution in [0.15, 0.2) is 18.2 Å². The standard InChI is InChI=1S/C15H24ClNO/c1-5-11(3)10-17(6-2)12(4)14-9-13(16)7-8-15(14)18/h7-9,11-12,18H,5-6,10H2,1-4H3. The predicted molar refractivity (Wildman–Crippen MR) is 78.2 cm³/mol. The first-order valence-corrected chi connectivity index (χ1v) is 7.09. The van der Waals surface area contributed by atoms with Gasteiger partial charge in [0.2, 0.25) is 0 Å². The summed E-state index contributed by atoms with van der Waals surface area (Å²) in [6.45, 7) is 10.8. The van der Waals surface area contributed by atoms with E-state index in [1.807, 2.05) is 6.07 Å². The number of aromatic hydroxyl groups is 1. The molecule has 0 heterocycles. The lowest BCUT2D eigenvalue weighted by atomic mass is 10.0. The summed E-state index contributed by atoms with van der Waals surface area (Å²) in [6.07, 6.45) is 1.17. The minimum absolute atomic E-state index is 0.183. The summed E-state index contributed by atoms with van der Waals surface area (Å²) in [5.41, 5.74) is 0.910. The fourth-order valence-corrected chi connectivity index (χ4v) is 2.33. The molecule has 2 unspecified atom stereocenters. The molecule has 102 valence electrons. The molecule has 2 nitrogen and oxygen atoms in total. The summed E-state index contributed by atoms with van der Waals surface area (Å²) in [4.78, 5) is 2.37. The van der Waals surface area contributed by atoms with Gasteiger partial charge in [-0.1, -0.05) is 38.8 Å². The van der Waals surface area contributed by atoms with Gasteiger partial charge in [0.05, 0.1) is 0 Å². The third-order valence-electron chi connectivity index (χ3n) is 3.64. The third kappa shape index (κ3) is 3.89. The zero-order valence-corrected chi connectivity index (χ0v) is 12.5. The van der Waals surface area contributed by atoms with Gasteiger partial charge in [-0.25, -0.2) is 0 Å². The van der Waals surface area contributed by atoms with Crippen LogP contribution in [0, 0.1) is 5.92 Å². The maximum atomic E-state index is 9.96. The molecule has 0 saturated carbocycles. The quantitative estimate of drug-likeness (QED) is 0.823. The zero-order chi connectivity index (χ0) is 13.7. The van der Waals surface area contributed by atoms with Crippen LogP contribution in [0.2, 0.25) is 5.02 Å². The van der Waals surface area contributed by atoms with Crippen LogP contribution in [0.25, 0.3) is 0 Å². The van der Waals surface area contributed by atoms with Crippen molar-refractivity contribution in [1.82, 2.24) is 4.90 Å². The molecule has 18 heavy (non-hydrogen) atoms. The van der Waals surface area contributed by atoms with Gasteiger partial charge in [0.1, 0.15) is 5.75 Å². The Labute approximate surface area is 116 Å². The molecule has 1 rings (SSSR count). The summed E-state index contributed by atoms with van der Waals surface area (Å²) in [6, 6.07) is 5.44. The van der Waals surface area contributed by atoms with E-state index in [2.05, 4.69) is 32.6 Å². The SMILES string of the molecule is CCC(C)CN(CC)C(C)c1cc(Cl)ccc1O. The number of phenolic OH excluding ortho intramolecular Hbond substituents is 1. The van der Waals surface area contributed by atoms with Gasteiger partial charge in [-0.15, -0.1) is 0 Å². The van der Waals surface area contributed by atoms with E-state index in [0.29, 0.717) is 16.7 Å². The molecule has 0 saturated heterocycles. The maximum Gasteiger partial charge on any atom is 0.120 e. The van der Waals surface area contributed by atoms with E-state index in [-0.39, 0.29) is 6.04 Å². The molecule has 0 aromatic heterocycles. The number of benzene rings is 1. The normalized spacial score (nSPS) is 14.8. The van der Waals surface area contributed by atoms with Crippen molar-refractivity contribution in [2.45, 2.75) is 40.2 Å². The van der Waals surface area contributed by atoms with Crippen molar-refractivity contribution in [2.24, 2.45) is 5.92 Å². The molecule has 0 bridgehead atoms. The molecule has 0 radical (unpaired) electrons. The first-order chi connectivity index (χ1) is 8.49. The van der Waals surface area contributed by atoms with Crippen LogP contribution in [0.3, 0.4) is 0 Å². The molecule has 1 aromatic rings. The van der Waals surface area contributed by atoms with E-state index in [4.69, 9.17) is 11.6 Å². The van der Waals surface area contributed by atoms with Crippen molar-refractivity contribution < 1.29 is 5.11 Å². The van der Waals surface area contributed by atoms with Crippen molar-refractivity contribution in [2.75, 3.05) is 13.1 Å². The number of hydrogen-bond acceptors (Lipinski definition) is 2. The lowest BCUT2D eigenvalue weighted by Gasteiger charge is -2.30. The van der Waals surface area contributed by atoms with E-state index in [9.17, 15) is 5.11 Å². The van der Waals surface area contributed by atoms with Gasteiger partial charge in [-0.05, 0) is 37.6 Å². The van der Waals surface area contributed by atoms with Crippen molar-refractivity contribution in [3.05, 3.63) is 28.8 Å². The average Bonchev–Trinajstić information content (AvgIpc) is 2.37. The van der Waals surface area contributed by atoms with Crippen LogP contribution in [-0.4, -0.2) is 23.1 Å². The van der Waals surface area contributed by atoms with Crippen molar-refractivity contribution in [1.29, 1.82) is 0 Å². The fraction of sp³-hybridized carbons (Fsp3) is 0.600. The summed E-state index contributed by atoms with van der Waals surface area (Å²) in [7, 11) is 0. The Balaban J connectivity index is 2.88. The van der Waals surface area contributed by atoms with Gasteiger partial charge in [-0.2, -0.15) is 0 Å². The van der Waals surface area contributed by atoms with Gasteiger partial charge in [0.25, 0.3) is 0 Å². The van der Waals surface area contributed by atoms with Gasteiger partial charge < -0.3 is 5.11 Å². The molecule has 0 aliphatic carbocycles.